The molecule has 1 spiro atoms. The normalized spacial score (nSPS) is 24.8. The van der Waals surface area contributed by atoms with Crippen molar-refractivity contribution in [3.05, 3.63) is 11.8 Å². The molecule has 1 aromatic rings. The van der Waals surface area contributed by atoms with Crippen LogP contribution < -0.4 is 10.6 Å². The number of nitrogen functional groups attached to an aromatic ring is 1. The highest BCUT2D eigenvalue weighted by atomic mass is 16.4. The lowest BCUT2D eigenvalue weighted by molar-refractivity contribution is -0.141. The first kappa shape index (κ1) is 15.0. The Morgan fingerprint density at radius 1 is 1.41 bits per heavy atom. The molecule has 22 heavy (non-hydrogen) atoms. The van der Waals surface area contributed by atoms with Crippen LogP contribution in [-0.4, -0.2) is 58.7 Å². The second kappa shape index (κ2) is 5.39. The smallest absolute Gasteiger partial charge is 0.320 e. The summed E-state index contributed by atoms with van der Waals surface area (Å²) in [6, 6.07) is 1.61. The molecule has 0 aromatic carbocycles. The molecule has 2 aliphatic rings. The highest BCUT2D eigenvalue weighted by Crippen LogP contribution is 2.43. The zero-order chi connectivity index (χ0) is 15.9. The molecule has 2 fully saturated rings. The number of carboxylic acid groups (broad SMARTS) is 1. The number of hydrogen-bond acceptors (Lipinski definition) is 6. The van der Waals surface area contributed by atoms with E-state index >= 15 is 0 Å². The van der Waals surface area contributed by atoms with Crippen LogP contribution in [0.2, 0.25) is 0 Å². The summed E-state index contributed by atoms with van der Waals surface area (Å²) in [5, 5.41) is 9.31. The molecule has 7 nitrogen and oxygen atoms in total. The number of nitrogens with two attached hydrogens (primary N) is 1. The average molecular weight is 305 g/mol. The van der Waals surface area contributed by atoms with Crippen LogP contribution in [0.25, 0.3) is 0 Å². The van der Waals surface area contributed by atoms with Crippen molar-refractivity contribution < 1.29 is 9.90 Å². The van der Waals surface area contributed by atoms with Gasteiger partial charge in [0.2, 0.25) is 5.95 Å². The lowest BCUT2D eigenvalue weighted by Crippen LogP contribution is -2.41. The van der Waals surface area contributed by atoms with Crippen molar-refractivity contribution in [3.8, 4) is 0 Å². The largest absolute Gasteiger partial charge is 0.480 e. The van der Waals surface area contributed by atoms with Gasteiger partial charge in [-0.2, -0.15) is 4.98 Å². The third-order valence-electron chi connectivity index (χ3n) is 5.03. The Kier molecular flexibility index (Phi) is 3.68. The molecule has 3 heterocycles. The summed E-state index contributed by atoms with van der Waals surface area (Å²) in [5.41, 5.74) is 6.73. The van der Waals surface area contributed by atoms with Crippen LogP contribution in [0, 0.1) is 12.3 Å². The minimum absolute atomic E-state index is 0.127. The number of rotatable bonds is 2. The van der Waals surface area contributed by atoms with Gasteiger partial charge in [-0.25, -0.2) is 4.98 Å². The fourth-order valence-corrected chi connectivity index (χ4v) is 3.85. The van der Waals surface area contributed by atoms with Gasteiger partial charge in [0.15, 0.2) is 0 Å². The van der Waals surface area contributed by atoms with Crippen molar-refractivity contribution in [3.63, 3.8) is 0 Å². The van der Waals surface area contributed by atoms with Gasteiger partial charge >= 0.3 is 5.97 Å². The number of likely N-dealkylation sites (tertiary alicyclic amines) is 1. The molecule has 1 aromatic heterocycles. The highest BCUT2D eigenvalue weighted by molar-refractivity contribution is 5.74. The van der Waals surface area contributed by atoms with Crippen LogP contribution in [0.4, 0.5) is 11.8 Å². The first-order valence-corrected chi connectivity index (χ1v) is 7.68. The van der Waals surface area contributed by atoms with Crippen molar-refractivity contribution in [2.75, 3.05) is 37.3 Å². The number of carbonyl (C=O) groups is 1. The van der Waals surface area contributed by atoms with Gasteiger partial charge in [0, 0.05) is 31.4 Å². The van der Waals surface area contributed by atoms with Gasteiger partial charge in [-0.3, -0.25) is 9.69 Å². The summed E-state index contributed by atoms with van der Waals surface area (Å²) in [6.07, 6.45) is 2.73. The molecule has 3 N–H and O–H groups in total. The number of aryl methyl sites for hydroxylation is 1. The molecule has 2 saturated heterocycles. The maximum absolute atomic E-state index is 11.3. The third-order valence-corrected chi connectivity index (χ3v) is 5.03. The molecule has 120 valence electrons. The van der Waals surface area contributed by atoms with Crippen molar-refractivity contribution in [2.45, 2.75) is 32.2 Å². The molecule has 0 saturated carbocycles. The average Bonchev–Trinajstić information content (AvgIpc) is 2.75. The van der Waals surface area contributed by atoms with Crippen molar-refractivity contribution in [1.29, 1.82) is 0 Å². The van der Waals surface area contributed by atoms with Crippen LogP contribution in [0.5, 0.6) is 0 Å². The lowest BCUT2D eigenvalue weighted by atomic mass is 9.76. The quantitative estimate of drug-likeness (QED) is 0.832. The van der Waals surface area contributed by atoms with Crippen LogP contribution in [0.3, 0.4) is 0 Å². The molecular formula is C15H23N5O2. The third kappa shape index (κ3) is 2.72. The van der Waals surface area contributed by atoms with E-state index < -0.39 is 5.97 Å². The van der Waals surface area contributed by atoms with Crippen molar-refractivity contribution in [1.82, 2.24) is 14.9 Å². The number of carboxylic acids is 1. The number of nitrogens with zero attached hydrogens (tertiary/aromatic N) is 4. The minimum Gasteiger partial charge on any atom is -0.480 e. The topological polar surface area (TPSA) is 95.6 Å². The molecule has 3 rings (SSSR count). The van der Waals surface area contributed by atoms with E-state index in [2.05, 4.69) is 14.9 Å². The number of anilines is 2. The molecule has 0 amide bonds. The summed E-state index contributed by atoms with van der Waals surface area (Å²) >= 11 is 0. The Morgan fingerprint density at radius 2 is 2.09 bits per heavy atom. The van der Waals surface area contributed by atoms with E-state index in [4.69, 9.17) is 5.73 Å². The minimum atomic E-state index is -0.707. The number of likely N-dealkylation sites (N-methyl/N-ethyl adjacent to an activating group) is 1. The van der Waals surface area contributed by atoms with Crippen molar-refractivity contribution in [2.24, 2.45) is 5.41 Å². The van der Waals surface area contributed by atoms with Crippen LogP contribution >= 0.6 is 0 Å². The number of aliphatic carboxylic acids is 1. The van der Waals surface area contributed by atoms with Crippen molar-refractivity contribution >= 4 is 17.7 Å². The summed E-state index contributed by atoms with van der Waals surface area (Å²) < 4.78 is 0. The summed E-state index contributed by atoms with van der Waals surface area (Å²) in [7, 11) is 1.91. The van der Waals surface area contributed by atoms with Crippen LogP contribution in [0.15, 0.2) is 6.07 Å². The Labute approximate surface area is 130 Å². The summed E-state index contributed by atoms with van der Waals surface area (Å²) in [4.78, 5) is 23.9. The Balaban J connectivity index is 1.69. The van der Waals surface area contributed by atoms with Gasteiger partial charge in [-0.05, 0) is 38.6 Å². The second-order valence-electron chi connectivity index (χ2n) is 6.69. The van der Waals surface area contributed by atoms with E-state index in [0.717, 1.165) is 50.4 Å². The number of piperidine rings is 1. The molecule has 2 aliphatic heterocycles. The molecule has 7 heteroatoms. The van der Waals surface area contributed by atoms with Gasteiger partial charge in [0.25, 0.3) is 0 Å². The first-order chi connectivity index (χ1) is 10.4. The Hall–Kier alpha value is -1.89. The lowest BCUT2D eigenvalue weighted by Gasteiger charge is -2.39. The molecule has 0 aliphatic carbocycles. The summed E-state index contributed by atoms with van der Waals surface area (Å²) in [6.45, 7) is 4.55. The first-order valence-electron chi connectivity index (χ1n) is 7.68. The summed E-state index contributed by atoms with van der Waals surface area (Å²) in [5.74, 6) is 0.476. The van der Waals surface area contributed by atoms with Gasteiger partial charge in [-0.15, -0.1) is 0 Å². The maximum Gasteiger partial charge on any atom is 0.320 e. The molecule has 0 unspecified atom stereocenters. The van der Waals surface area contributed by atoms with E-state index in [1.807, 2.05) is 24.9 Å². The fraction of sp³-hybridized carbons (Fsp3) is 0.667. The SMILES string of the molecule is Cc1cc(N2CCC3(CC2)C[C@H](C(=O)O)N(C)C3)nc(N)n1. The molecule has 0 radical (unpaired) electrons. The van der Waals surface area contributed by atoms with E-state index in [1.54, 1.807) is 0 Å². The molecule has 0 bridgehead atoms. The fourth-order valence-electron chi connectivity index (χ4n) is 3.85. The molecular weight excluding hydrogens is 282 g/mol. The van der Waals surface area contributed by atoms with Gasteiger partial charge < -0.3 is 15.7 Å². The maximum atomic E-state index is 11.3. The Morgan fingerprint density at radius 3 is 2.64 bits per heavy atom. The van der Waals surface area contributed by atoms with E-state index in [0.29, 0.717) is 5.95 Å². The van der Waals surface area contributed by atoms with Crippen LogP contribution in [-0.2, 0) is 4.79 Å². The Bertz CT molecular complexity index is 563. The predicted molar refractivity (Wildman–Crippen MR) is 83.7 cm³/mol. The number of hydrogen-bond donors (Lipinski definition) is 2. The highest BCUT2D eigenvalue weighted by Gasteiger charge is 2.46. The van der Waals surface area contributed by atoms with Gasteiger partial charge in [0.05, 0.1) is 0 Å². The predicted octanol–water partition coefficient (Wildman–Crippen LogP) is 0.743. The number of aromatic nitrogens is 2. The standard InChI is InChI=1S/C15H23N5O2/c1-10-7-12(18-14(16)17-10)20-5-3-15(4-6-20)8-11(13(21)22)19(2)9-15/h7,11H,3-6,8-9H2,1-2H3,(H,21,22)(H2,16,17,18)/t11-/m1/s1. The zero-order valence-corrected chi connectivity index (χ0v) is 13.1. The van der Waals surface area contributed by atoms with Gasteiger partial charge in [0.1, 0.15) is 11.9 Å². The van der Waals surface area contributed by atoms with Gasteiger partial charge in [-0.1, -0.05) is 0 Å². The van der Waals surface area contributed by atoms with E-state index in [1.165, 1.54) is 0 Å². The monoisotopic (exact) mass is 305 g/mol. The van der Waals surface area contributed by atoms with E-state index in [9.17, 15) is 9.90 Å². The van der Waals surface area contributed by atoms with E-state index in [-0.39, 0.29) is 11.5 Å². The van der Waals surface area contributed by atoms with Crippen LogP contribution in [0.1, 0.15) is 25.0 Å². The molecule has 1 atom stereocenters. The second-order valence-corrected chi connectivity index (χ2v) is 6.69. The zero-order valence-electron chi connectivity index (χ0n) is 13.1.